The van der Waals surface area contributed by atoms with E-state index in [0.29, 0.717) is 17.6 Å². The summed E-state index contributed by atoms with van der Waals surface area (Å²) in [6.07, 6.45) is 11.6. The van der Waals surface area contributed by atoms with Gasteiger partial charge in [-0.3, -0.25) is 0 Å². The quantitative estimate of drug-likeness (QED) is 0.463. The summed E-state index contributed by atoms with van der Waals surface area (Å²) in [5.74, 6) is 0.694. The zero-order chi connectivity index (χ0) is 17.0. The first-order chi connectivity index (χ1) is 10.5. The van der Waals surface area contributed by atoms with Crippen LogP contribution in [-0.2, 0) is 14.3 Å². The molecule has 0 unspecified atom stereocenters. The van der Waals surface area contributed by atoms with Crippen molar-refractivity contribution in [3.05, 3.63) is 12.2 Å². The van der Waals surface area contributed by atoms with Gasteiger partial charge in [0.05, 0.1) is 6.61 Å². The van der Waals surface area contributed by atoms with Crippen molar-refractivity contribution in [1.82, 2.24) is 0 Å². The first-order valence-electron chi connectivity index (χ1n) is 8.64. The standard InChI is InChI=1S/C18H32O2.CH2O/c1-5-7-16-8-11-18(10-6-2,12-9-16)13-14-20-17(19)15(3)4;1-2/h16H,3,5-14H2,1-2,4H3;1H2. The zero-order valence-electron chi connectivity index (χ0n) is 14.8. The molecular formula is C19H34O3. The van der Waals surface area contributed by atoms with Gasteiger partial charge in [0.15, 0.2) is 0 Å². The van der Waals surface area contributed by atoms with Crippen molar-refractivity contribution < 1.29 is 14.3 Å². The summed E-state index contributed by atoms with van der Waals surface area (Å²) in [5.41, 5.74) is 0.926. The lowest BCUT2D eigenvalue weighted by Gasteiger charge is -2.40. The fraction of sp³-hybridized carbons (Fsp3) is 0.789. The van der Waals surface area contributed by atoms with Crippen LogP contribution >= 0.6 is 0 Å². The Hall–Kier alpha value is -1.12. The zero-order valence-corrected chi connectivity index (χ0v) is 14.8. The second kappa shape index (κ2) is 11.4. The van der Waals surface area contributed by atoms with E-state index in [2.05, 4.69) is 20.4 Å². The molecule has 3 heteroatoms. The molecule has 0 atom stereocenters. The molecule has 0 spiro atoms. The van der Waals surface area contributed by atoms with Crippen LogP contribution in [0.2, 0.25) is 0 Å². The molecule has 0 N–H and O–H groups in total. The van der Waals surface area contributed by atoms with Gasteiger partial charge in [0.1, 0.15) is 6.79 Å². The van der Waals surface area contributed by atoms with E-state index in [0.717, 1.165) is 12.3 Å². The summed E-state index contributed by atoms with van der Waals surface area (Å²) >= 11 is 0. The monoisotopic (exact) mass is 310 g/mol. The summed E-state index contributed by atoms with van der Waals surface area (Å²) in [6, 6.07) is 0. The van der Waals surface area contributed by atoms with Gasteiger partial charge in [-0.2, -0.15) is 0 Å². The smallest absolute Gasteiger partial charge is 0.333 e. The Labute approximate surface area is 136 Å². The lowest BCUT2D eigenvalue weighted by atomic mass is 9.66. The predicted octanol–water partition coefficient (Wildman–Crippen LogP) is 5.09. The van der Waals surface area contributed by atoms with Crippen LogP contribution in [0.4, 0.5) is 0 Å². The van der Waals surface area contributed by atoms with E-state index in [4.69, 9.17) is 9.53 Å². The van der Waals surface area contributed by atoms with Crippen LogP contribution in [-0.4, -0.2) is 19.4 Å². The van der Waals surface area contributed by atoms with Crippen LogP contribution in [0, 0.1) is 11.3 Å². The summed E-state index contributed by atoms with van der Waals surface area (Å²) in [7, 11) is 0. The van der Waals surface area contributed by atoms with E-state index in [1.54, 1.807) is 6.92 Å². The predicted molar refractivity (Wildman–Crippen MR) is 91.7 cm³/mol. The maximum Gasteiger partial charge on any atom is 0.333 e. The molecule has 1 fully saturated rings. The van der Waals surface area contributed by atoms with Gasteiger partial charge in [-0.25, -0.2) is 4.79 Å². The highest BCUT2D eigenvalue weighted by molar-refractivity contribution is 5.86. The number of carbonyl (C=O) groups excluding carboxylic acids is 2. The molecule has 0 amide bonds. The van der Waals surface area contributed by atoms with Gasteiger partial charge in [0, 0.05) is 5.57 Å². The molecule has 0 radical (unpaired) electrons. The average molecular weight is 310 g/mol. The van der Waals surface area contributed by atoms with Gasteiger partial charge in [-0.15, -0.1) is 0 Å². The van der Waals surface area contributed by atoms with Gasteiger partial charge in [0.2, 0.25) is 0 Å². The molecule has 0 bridgehead atoms. The fourth-order valence-electron chi connectivity index (χ4n) is 3.63. The summed E-state index contributed by atoms with van der Waals surface area (Å²) in [4.78, 5) is 19.5. The molecule has 0 heterocycles. The first-order valence-corrected chi connectivity index (χ1v) is 8.64. The van der Waals surface area contributed by atoms with Gasteiger partial charge in [-0.05, 0) is 56.8 Å². The highest BCUT2D eigenvalue weighted by Crippen LogP contribution is 2.46. The minimum Gasteiger partial charge on any atom is -0.462 e. The highest BCUT2D eigenvalue weighted by atomic mass is 16.5. The summed E-state index contributed by atoms with van der Waals surface area (Å²) in [6.45, 7) is 12.4. The number of hydrogen-bond acceptors (Lipinski definition) is 3. The van der Waals surface area contributed by atoms with Crippen molar-refractivity contribution in [2.24, 2.45) is 11.3 Å². The van der Waals surface area contributed by atoms with Crippen molar-refractivity contribution in [1.29, 1.82) is 0 Å². The van der Waals surface area contributed by atoms with Crippen LogP contribution in [0.3, 0.4) is 0 Å². The third kappa shape index (κ3) is 7.24. The van der Waals surface area contributed by atoms with Crippen molar-refractivity contribution in [3.63, 3.8) is 0 Å². The molecule has 0 aliphatic heterocycles. The minimum atomic E-state index is -0.240. The first kappa shape index (κ1) is 20.9. The summed E-state index contributed by atoms with van der Waals surface area (Å²) < 4.78 is 5.31. The minimum absolute atomic E-state index is 0.240. The molecule has 0 saturated heterocycles. The van der Waals surface area contributed by atoms with Crippen molar-refractivity contribution >= 4 is 12.8 Å². The largest absolute Gasteiger partial charge is 0.462 e. The number of esters is 1. The average Bonchev–Trinajstić information content (AvgIpc) is 2.52. The SMILES string of the molecule is C=C(C)C(=O)OCCC1(CCC)CCC(CCC)CC1.C=O. The Morgan fingerprint density at radius 1 is 1.14 bits per heavy atom. The second-order valence-corrected chi connectivity index (χ2v) is 6.65. The molecule has 22 heavy (non-hydrogen) atoms. The Kier molecular flexibility index (Phi) is 10.9. The topological polar surface area (TPSA) is 43.4 Å². The molecule has 0 aromatic carbocycles. The van der Waals surface area contributed by atoms with Gasteiger partial charge < -0.3 is 9.53 Å². The van der Waals surface area contributed by atoms with E-state index in [1.807, 2.05) is 6.79 Å². The van der Waals surface area contributed by atoms with E-state index < -0.39 is 0 Å². The maximum atomic E-state index is 11.5. The molecule has 0 aromatic rings. The lowest BCUT2D eigenvalue weighted by molar-refractivity contribution is -0.140. The molecule has 1 saturated carbocycles. The van der Waals surface area contributed by atoms with Crippen LogP contribution < -0.4 is 0 Å². The normalized spacial score (nSPS) is 24.0. The lowest BCUT2D eigenvalue weighted by Crippen LogP contribution is -2.29. The second-order valence-electron chi connectivity index (χ2n) is 6.65. The fourth-order valence-corrected chi connectivity index (χ4v) is 3.63. The maximum absolute atomic E-state index is 11.5. The Morgan fingerprint density at radius 3 is 2.18 bits per heavy atom. The molecule has 128 valence electrons. The molecule has 1 rings (SSSR count). The van der Waals surface area contributed by atoms with E-state index in [-0.39, 0.29) is 5.97 Å². The number of hydrogen-bond donors (Lipinski definition) is 0. The van der Waals surface area contributed by atoms with Gasteiger partial charge in [0.25, 0.3) is 0 Å². The highest BCUT2D eigenvalue weighted by Gasteiger charge is 2.34. The molecule has 3 nitrogen and oxygen atoms in total. The van der Waals surface area contributed by atoms with Gasteiger partial charge >= 0.3 is 5.97 Å². The molecular weight excluding hydrogens is 276 g/mol. The van der Waals surface area contributed by atoms with E-state index >= 15 is 0 Å². The number of rotatable bonds is 8. The van der Waals surface area contributed by atoms with Crippen LogP contribution in [0.5, 0.6) is 0 Å². The Balaban J connectivity index is 0.00000211. The number of ether oxygens (including phenoxy) is 1. The third-order valence-corrected chi connectivity index (χ3v) is 4.86. The molecule has 1 aliphatic rings. The van der Waals surface area contributed by atoms with Crippen LogP contribution in [0.15, 0.2) is 12.2 Å². The summed E-state index contributed by atoms with van der Waals surface area (Å²) in [5, 5.41) is 0. The van der Waals surface area contributed by atoms with Crippen LogP contribution in [0.1, 0.15) is 78.6 Å². The Morgan fingerprint density at radius 2 is 1.73 bits per heavy atom. The van der Waals surface area contributed by atoms with Crippen molar-refractivity contribution in [2.75, 3.05) is 6.61 Å². The van der Waals surface area contributed by atoms with Crippen molar-refractivity contribution in [3.8, 4) is 0 Å². The van der Waals surface area contributed by atoms with Crippen molar-refractivity contribution in [2.45, 2.75) is 78.6 Å². The molecule has 0 aromatic heterocycles. The van der Waals surface area contributed by atoms with Crippen LogP contribution in [0.25, 0.3) is 0 Å². The van der Waals surface area contributed by atoms with E-state index in [9.17, 15) is 4.79 Å². The molecule has 1 aliphatic carbocycles. The number of carbonyl (C=O) groups is 2. The third-order valence-electron chi connectivity index (χ3n) is 4.86. The van der Waals surface area contributed by atoms with E-state index in [1.165, 1.54) is 51.4 Å². The Bertz CT molecular complexity index is 328. The van der Waals surface area contributed by atoms with Gasteiger partial charge in [-0.1, -0.05) is 39.7 Å².